The molecule has 0 aliphatic heterocycles. The van der Waals surface area contributed by atoms with E-state index < -0.39 is 5.41 Å². The van der Waals surface area contributed by atoms with Crippen LogP contribution in [0.1, 0.15) is 67.2 Å². The van der Waals surface area contributed by atoms with Crippen molar-refractivity contribution in [3.05, 3.63) is 89.0 Å². The number of aromatic hydroxyl groups is 3. The van der Waals surface area contributed by atoms with Crippen LogP contribution in [0.5, 0.6) is 17.2 Å². The number of phenols is 3. The first kappa shape index (κ1) is 19.4. The fraction of sp³-hybridized carbons (Fsp3) is 0.308. The van der Waals surface area contributed by atoms with E-state index in [4.69, 9.17) is 0 Å². The van der Waals surface area contributed by atoms with Crippen LogP contribution in [0.4, 0.5) is 0 Å². The SMILES string of the molecule is CC(c1ccccc1)(c1ccc(O)c(C2CCCCC2)c1)c1ccc(O)cc1O. The molecule has 1 atom stereocenters. The van der Waals surface area contributed by atoms with Gasteiger partial charge >= 0.3 is 0 Å². The zero-order valence-corrected chi connectivity index (χ0v) is 16.8. The fourth-order valence-electron chi connectivity index (χ4n) is 4.80. The van der Waals surface area contributed by atoms with E-state index >= 15 is 0 Å². The van der Waals surface area contributed by atoms with Crippen LogP contribution >= 0.6 is 0 Å². The van der Waals surface area contributed by atoms with Crippen molar-refractivity contribution in [3.8, 4) is 17.2 Å². The van der Waals surface area contributed by atoms with E-state index in [0.29, 0.717) is 11.7 Å². The minimum atomic E-state index is -0.629. The van der Waals surface area contributed by atoms with Crippen LogP contribution in [0.3, 0.4) is 0 Å². The van der Waals surface area contributed by atoms with Gasteiger partial charge in [-0.15, -0.1) is 0 Å². The third-order valence-electron chi connectivity index (χ3n) is 6.52. The maximum atomic E-state index is 10.7. The molecule has 0 spiro atoms. The molecule has 150 valence electrons. The lowest BCUT2D eigenvalue weighted by atomic mass is 9.69. The normalized spacial score (nSPS) is 17.0. The second-order valence-electron chi connectivity index (χ2n) is 8.30. The van der Waals surface area contributed by atoms with Crippen LogP contribution < -0.4 is 0 Å². The van der Waals surface area contributed by atoms with E-state index in [9.17, 15) is 15.3 Å². The summed E-state index contributed by atoms with van der Waals surface area (Å²) >= 11 is 0. The predicted octanol–water partition coefficient (Wildman–Crippen LogP) is 6.21. The van der Waals surface area contributed by atoms with Crippen LogP contribution in [0.2, 0.25) is 0 Å². The highest BCUT2D eigenvalue weighted by Crippen LogP contribution is 2.46. The minimum Gasteiger partial charge on any atom is -0.508 e. The van der Waals surface area contributed by atoms with Gasteiger partial charge in [0.05, 0.1) is 0 Å². The highest BCUT2D eigenvalue weighted by atomic mass is 16.3. The summed E-state index contributed by atoms with van der Waals surface area (Å²) < 4.78 is 0. The Balaban J connectivity index is 1.90. The van der Waals surface area contributed by atoms with Crippen molar-refractivity contribution in [2.75, 3.05) is 0 Å². The Bertz CT molecular complexity index is 990. The van der Waals surface area contributed by atoms with E-state index in [0.717, 1.165) is 35.1 Å². The highest BCUT2D eigenvalue weighted by Gasteiger charge is 2.34. The van der Waals surface area contributed by atoms with Crippen LogP contribution in [-0.4, -0.2) is 15.3 Å². The summed E-state index contributed by atoms with van der Waals surface area (Å²) in [6, 6.07) is 20.7. The lowest BCUT2D eigenvalue weighted by Crippen LogP contribution is -2.26. The first-order chi connectivity index (χ1) is 14.0. The third-order valence-corrected chi connectivity index (χ3v) is 6.52. The van der Waals surface area contributed by atoms with Gasteiger partial charge in [-0.25, -0.2) is 0 Å². The molecule has 0 saturated heterocycles. The standard InChI is InChI=1S/C26H28O3/c1-26(19-10-6-3-7-11-19,23-14-13-21(27)17-25(23)29)20-12-15-24(28)22(16-20)18-8-4-2-5-9-18/h3,6-7,10-18,27-29H,2,4-5,8-9H2,1H3. The molecular formula is C26H28O3. The van der Waals surface area contributed by atoms with Crippen molar-refractivity contribution in [1.29, 1.82) is 0 Å². The molecule has 0 aromatic heterocycles. The molecule has 3 aromatic rings. The van der Waals surface area contributed by atoms with Gasteiger partial charge in [-0.05, 0) is 54.5 Å². The quantitative estimate of drug-likeness (QED) is 0.466. The first-order valence-electron chi connectivity index (χ1n) is 10.4. The second-order valence-corrected chi connectivity index (χ2v) is 8.30. The van der Waals surface area contributed by atoms with E-state index in [-0.39, 0.29) is 11.5 Å². The van der Waals surface area contributed by atoms with Gasteiger partial charge in [0, 0.05) is 17.0 Å². The number of hydrogen-bond donors (Lipinski definition) is 3. The molecule has 1 aliphatic carbocycles. The van der Waals surface area contributed by atoms with Gasteiger partial charge in [-0.3, -0.25) is 0 Å². The Morgan fingerprint density at radius 2 is 1.45 bits per heavy atom. The smallest absolute Gasteiger partial charge is 0.123 e. The summed E-state index contributed by atoms with van der Waals surface area (Å²) in [5, 5.41) is 31.1. The van der Waals surface area contributed by atoms with E-state index in [2.05, 4.69) is 25.1 Å². The van der Waals surface area contributed by atoms with Crippen LogP contribution in [0.25, 0.3) is 0 Å². The molecule has 1 fully saturated rings. The summed E-state index contributed by atoms with van der Waals surface area (Å²) in [6.45, 7) is 2.09. The molecular weight excluding hydrogens is 360 g/mol. The molecule has 0 amide bonds. The molecule has 3 nitrogen and oxygen atoms in total. The van der Waals surface area contributed by atoms with E-state index in [1.807, 2.05) is 24.3 Å². The van der Waals surface area contributed by atoms with Gasteiger partial charge in [-0.2, -0.15) is 0 Å². The Morgan fingerprint density at radius 3 is 2.14 bits per heavy atom. The first-order valence-corrected chi connectivity index (χ1v) is 10.4. The number of hydrogen-bond acceptors (Lipinski definition) is 3. The van der Waals surface area contributed by atoms with Gasteiger partial charge in [0.2, 0.25) is 0 Å². The van der Waals surface area contributed by atoms with Crippen molar-refractivity contribution in [2.24, 2.45) is 0 Å². The zero-order valence-electron chi connectivity index (χ0n) is 16.8. The molecule has 0 bridgehead atoms. The van der Waals surface area contributed by atoms with E-state index in [1.54, 1.807) is 18.2 Å². The molecule has 3 heteroatoms. The molecule has 0 heterocycles. The molecule has 3 aromatic carbocycles. The maximum absolute atomic E-state index is 10.7. The largest absolute Gasteiger partial charge is 0.508 e. The summed E-state index contributed by atoms with van der Waals surface area (Å²) in [4.78, 5) is 0. The average molecular weight is 389 g/mol. The maximum Gasteiger partial charge on any atom is 0.123 e. The Morgan fingerprint density at radius 1 is 0.724 bits per heavy atom. The molecule has 1 aliphatic rings. The number of phenolic OH excluding ortho intramolecular Hbond substituents is 3. The molecule has 1 unspecified atom stereocenters. The van der Waals surface area contributed by atoms with Crippen molar-refractivity contribution >= 4 is 0 Å². The summed E-state index contributed by atoms with van der Waals surface area (Å²) in [5.41, 5.74) is 3.16. The van der Waals surface area contributed by atoms with Gasteiger partial charge in [0.15, 0.2) is 0 Å². The number of rotatable bonds is 4. The van der Waals surface area contributed by atoms with Crippen molar-refractivity contribution in [2.45, 2.75) is 50.4 Å². The van der Waals surface area contributed by atoms with Crippen LogP contribution in [0, 0.1) is 0 Å². The fourth-order valence-corrected chi connectivity index (χ4v) is 4.80. The molecule has 4 rings (SSSR count). The van der Waals surface area contributed by atoms with Crippen LogP contribution in [-0.2, 0) is 5.41 Å². The van der Waals surface area contributed by atoms with Gasteiger partial charge in [0.25, 0.3) is 0 Å². The highest BCUT2D eigenvalue weighted by molar-refractivity contribution is 5.57. The minimum absolute atomic E-state index is 0.0373. The van der Waals surface area contributed by atoms with Gasteiger partial charge < -0.3 is 15.3 Å². The Hall–Kier alpha value is -2.94. The average Bonchev–Trinajstić information content (AvgIpc) is 2.75. The topological polar surface area (TPSA) is 60.7 Å². The molecule has 0 radical (unpaired) electrons. The molecule has 1 saturated carbocycles. The monoisotopic (exact) mass is 388 g/mol. The summed E-state index contributed by atoms with van der Waals surface area (Å²) in [5.74, 6) is 0.821. The van der Waals surface area contributed by atoms with E-state index in [1.165, 1.54) is 25.3 Å². The van der Waals surface area contributed by atoms with Gasteiger partial charge in [-0.1, -0.05) is 67.8 Å². The van der Waals surface area contributed by atoms with Crippen LogP contribution in [0.15, 0.2) is 66.7 Å². The Kier molecular flexibility index (Phi) is 5.23. The van der Waals surface area contributed by atoms with Crippen molar-refractivity contribution in [3.63, 3.8) is 0 Å². The molecule has 3 N–H and O–H groups in total. The van der Waals surface area contributed by atoms with Gasteiger partial charge in [0.1, 0.15) is 17.2 Å². The molecule has 29 heavy (non-hydrogen) atoms. The number of benzene rings is 3. The lowest BCUT2D eigenvalue weighted by Gasteiger charge is -2.33. The Labute approximate surface area is 172 Å². The second kappa shape index (κ2) is 7.82. The predicted molar refractivity (Wildman–Crippen MR) is 116 cm³/mol. The third kappa shape index (κ3) is 3.57. The van der Waals surface area contributed by atoms with Crippen molar-refractivity contribution in [1.82, 2.24) is 0 Å². The van der Waals surface area contributed by atoms with Crippen molar-refractivity contribution < 1.29 is 15.3 Å². The lowest BCUT2D eigenvalue weighted by molar-refractivity contribution is 0.413. The zero-order chi connectivity index (χ0) is 20.4. The summed E-state index contributed by atoms with van der Waals surface area (Å²) in [7, 11) is 0. The summed E-state index contributed by atoms with van der Waals surface area (Å²) in [6.07, 6.45) is 5.86.